The second kappa shape index (κ2) is 7.67. The Hall–Kier alpha value is -2.02. The second-order valence-electron chi connectivity index (χ2n) is 6.32. The Bertz CT molecular complexity index is 1090. The molecule has 146 valence electrons. The molecule has 2 aromatic rings. The van der Waals surface area contributed by atoms with Crippen molar-refractivity contribution in [2.75, 3.05) is 6.54 Å². The average molecular weight is 430 g/mol. The van der Waals surface area contributed by atoms with Crippen LogP contribution in [0.3, 0.4) is 0 Å². The molecule has 29 heavy (non-hydrogen) atoms. The van der Waals surface area contributed by atoms with Crippen LogP contribution in [-0.2, 0) is 19.5 Å². The van der Waals surface area contributed by atoms with Crippen molar-refractivity contribution in [3.63, 3.8) is 0 Å². The number of hydrogen-bond acceptors (Lipinski definition) is 6. The smallest absolute Gasteiger partial charge is 0.548 e. The summed E-state index contributed by atoms with van der Waals surface area (Å²) in [5.74, 6) is -2.03. The van der Waals surface area contributed by atoms with E-state index < -0.39 is 40.3 Å². The molecule has 2 aliphatic rings. The van der Waals surface area contributed by atoms with Gasteiger partial charge < -0.3 is 14.8 Å². The number of halogens is 1. The minimum atomic E-state index is -5.04. The zero-order chi connectivity index (χ0) is 20.2. The molecular weight excluding hydrogens is 418 g/mol. The van der Waals surface area contributed by atoms with Crippen LogP contribution in [0.25, 0.3) is 11.1 Å². The Morgan fingerprint density at radius 1 is 1.21 bits per heavy atom. The van der Waals surface area contributed by atoms with Crippen molar-refractivity contribution in [2.45, 2.75) is 12.1 Å². The second-order valence-corrected chi connectivity index (χ2v) is 7.32. The summed E-state index contributed by atoms with van der Waals surface area (Å²) in [5, 5.41) is 12.2. The number of benzene rings is 2. The number of amides is 2. The van der Waals surface area contributed by atoms with Gasteiger partial charge in [-0.25, -0.2) is 9.18 Å². The van der Waals surface area contributed by atoms with Gasteiger partial charge in [0.1, 0.15) is 11.9 Å². The molecule has 1 saturated heterocycles. The van der Waals surface area contributed by atoms with Crippen molar-refractivity contribution < 1.29 is 65.9 Å². The summed E-state index contributed by atoms with van der Waals surface area (Å²) in [6.07, 6.45) is 0. The quantitative estimate of drug-likeness (QED) is 0.431. The van der Waals surface area contributed by atoms with Crippen molar-refractivity contribution >= 4 is 22.4 Å². The molecule has 2 amide bonds. The summed E-state index contributed by atoms with van der Waals surface area (Å²) in [7, 11) is -5.04. The number of fused-ring (bicyclic) bond motifs is 4. The number of carboxylic acid groups (broad SMARTS) is 1. The molecule has 12 heteroatoms. The summed E-state index contributed by atoms with van der Waals surface area (Å²) in [5.41, 5.74) is 1.52. The Kier molecular flexibility index (Phi) is 5.73. The molecule has 1 fully saturated rings. The predicted octanol–water partition coefficient (Wildman–Crippen LogP) is -2.19. The van der Waals surface area contributed by atoms with Gasteiger partial charge in [0.15, 0.2) is 0 Å². The summed E-state index contributed by atoms with van der Waals surface area (Å²) in [6.45, 7) is -0.196. The maximum atomic E-state index is 13.3. The molecule has 2 atom stereocenters. The molecule has 0 spiro atoms. The SMILES string of the molecule is O=C([O-])[C@H]1c2cccc(-c3ccc(F)cc3)c2[C@@H]2CN1C(=O)N2OS(=O)(=O)O.[Na+]. The van der Waals surface area contributed by atoms with E-state index in [4.69, 9.17) is 4.55 Å². The van der Waals surface area contributed by atoms with E-state index in [2.05, 4.69) is 4.28 Å². The number of carbonyl (C=O) groups excluding carboxylic acids is 2. The normalized spacial score (nSPS) is 20.3. The molecule has 0 aliphatic carbocycles. The fourth-order valence-corrected chi connectivity index (χ4v) is 4.08. The Labute approximate surface area is 186 Å². The zero-order valence-corrected chi connectivity index (χ0v) is 17.8. The number of hydroxylamine groups is 2. The van der Waals surface area contributed by atoms with Gasteiger partial charge in [0.05, 0.1) is 18.6 Å². The van der Waals surface area contributed by atoms with E-state index in [-0.39, 0.29) is 41.7 Å². The first-order chi connectivity index (χ1) is 13.2. The first kappa shape index (κ1) is 21.7. The number of urea groups is 1. The molecule has 2 aliphatic heterocycles. The number of rotatable bonds is 4. The molecule has 2 aromatic carbocycles. The summed E-state index contributed by atoms with van der Waals surface area (Å²) in [6, 6.07) is 6.51. The number of nitrogens with zero attached hydrogens (tertiary/aromatic N) is 2. The molecule has 0 saturated carbocycles. The third-order valence-electron chi connectivity index (χ3n) is 4.72. The molecule has 0 aromatic heterocycles. The van der Waals surface area contributed by atoms with Crippen molar-refractivity contribution in [3.8, 4) is 11.1 Å². The maximum absolute atomic E-state index is 13.3. The predicted molar refractivity (Wildman–Crippen MR) is 88.9 cm³/mol. The summed E-state index contributed by atoms with van der Waals surface area (Å²) in [4.78, 5) is 25.2. The van der Waals surface area contributed by atoms with Crippen LogP contribution in [0.15, 0.2) is 42.5 Å². The van der Waals surface area contributed by atoms with Crippen LogP contribution in [0.4, 0.5) is 9.18 Å². The van der Waals surface area contributed by atoms with E-state index in [1.807, 2.05) is 0 Å². The minimum Gasteiger partial charge on any atom is -0.548 e. The molecule has 1 N–H and O–H groups in total. The van der Waals surface area contributed by atoms with Gasteiger partial charge in [0.25, 0.3) is 0 Å². The number of aliphatic carboxylic acids is 1. The first-order valence-electron chi connectivity index (χ1n) is 8.04. The number of carbonyl (C=O) groups is 2. The number of hydrogen-bond donors (Lipinski definition) is 1. The van der Waals surface area contributed by atoms with Gasteiger partial charge in [-0.05, 0) is 34.4 Å². The summed E-state index contributed by atoms with van der Waals surface area (Å²) >= 11 is 0. The van der Waals surface area contributed by atoms with Gasteiger partial charge in [0, 0.05) is 0 Å². The van der Waals surface area contributed by atoms with Crippen molar-refractivity contribution in [3.05, 3.63) is 59.4 Å². The fraction of sp³-hybridized carbons (Fsp3) is 0.176. The van der Waals surface area contributed by atoms with Gasteiger partial charge >= 0.3 is 46.0 Å². The van der Waals surface area contributed by atoms with Crippen LogP contribution >= 0.6 is 0 Å². The van der Waals surface area contributed by atoms with E-state index >= 15 is 0 Å². The standard InChI is InChI=1S/C17H13FN2O7S.Na/c18-10-6-4-9(5-7-10)11-2-1-3-12-14(11)13-8-19(15(12)16(21)22)17(23)20(13)27-28(24,25)26;/h1-7,13,15H,8H2,(H,21,22)(H,24,25,26);/q;+1/p-1/t13-,15+;/m0./s1. The molecule has 0 unspecified atom stereocenters. The molecule has 2 heterocycles. The molecule has 9 nitrogen and oxygen atoms in total. The molecular formula is C17H12FN2NaO7S. The van der Waals surface area contributed by atoms with E-state index in [9.17, 15) is 27.5 Å². The van der Waals surface area contributed by atoms with Crippen LogP contribution in [0.1, 0.15) is 23.2 Å². The average Bonchev–Trinajstić information content (AvgIpc) is 2.87. The monoisotopic (exact) mass is 430 g/mol. The van der Waals surface area contributed by atoms with E-state index in [0.717, 1.165) is 4.90 Å². The van der Waals surface area contributed by atoms with Gasteiger partial charge in [0.2, 0.25) is 0 Å². The Morgan fingerprint density at radius 2 is 1.86 bits per heavy atom. The van der Waals surface area contributed by atoms with Gasteiger partial charge in [-0.2, -0.15) is 13.5 Å². The topological polar surface area (TPSA) is 127 Å². The fourth-order valence-electron chi connectivity index (χ4n) is 3.70. The van der Waals surface area contributed by atoms with Crippen molar-refractivity contribution in [1.82, 2.24) is 9.96 Å². The van der Waals surface area contributed by atoms with Crippen LogP contribution in [0.2, 0.25) is 0 Å². The van der Waals surface area contributed by atoms with Crippen LogP contribution in [-0.4, -0.2) is 41.5 Å². The largest absolute Gasteiger partial charge is 1.00 e. The van der Waals surface area contributed by atoms with E-state index in [0.29, 0.717) is 21.8 Å². The van der Waals surface area contributed by atoms with Crippen LogP contribution in [0, 0.1) is 5.82 Å². The zero-order valence-electron chi connectivity index (χ0n) is 15.0. The molecule has 4 rings (SSSR count). The van der Waals surface area contributed by atoms with Crippen LogP contribution < -0.4 is 34.7 Å². The number of carboxylic acids is 1. The Morgan fingerprint density at radius 3 is 2.45 bits per heavy atom. The third-order valence-corrected chi connectivity index (χ3v) is 5.07. The van der Waals surface area contributed by atoms with E-state index in [1.54, 1.807) is 12.1 Å². The molecule has 2 bridgehead atoms. The summed E-state index contributed by atoms with van der Waals surface area (Å²) < 4.78 is 49.1. The van der Waals surface area contributed by atoms with Gasteiger partial charge in [-0.3, -0.25) is 4.55 Å². The van der Waals surface area contributed by atoms with Gasteiger partial charge in [-0.15, -0.1) is 4.28 Å². The Balaban J connectivity index is 0.00000240. The van der Waals surface area contributed by atoms with Crippen LogP contribution in [0.5, 0.6) is 0 Å². The van der Waals surface area contributed by atoms with Crippen molar-refractivity contribution in [1.29, 1.82) is 0 Å². The third kappa shape index (κ3) is 3.77. The first-order valence-corrected chi connectivity index (χ1v) is 9.40. The van der Waals surface area contributed by atoms with Crippen molar-refractivity contribution in [2.24, 2.45) is 0 Å². The molecule has 0 radical (unpaired) electrons. The minimum absolute atomic E-state index is 0. The maximum Gasteiger partial charge on any atom is 1.00 e. The van der Waals surface area contributed by atoms with E-state index in [1.165, 1.54) is 30.3 Å². The van der Waals surface area contributed by atoms with Gasteiger partial charge in [-0.1, -0.05) is 30.3 Å².